The first kappa shape index (κ1) is 15.2. The van der Waals surface area contributed by atoms with Crippen molar-refractivity contribution in [2.45, 2.75) is 71.2 Å². The summed E-state index contributed by atoms with van der Waals surface area (Å²) >= 11 is 0. The van der Waals surface area contributed by atoms with Crippen molar-refractivity contribution in [3.8, 4) is 0 Å². The first-order valence-corrected chi connectivity index (χ1v) is 6.46. The minimum Gasteiger partial charge on any atom is -0.460 e. The molecule has 0 bridgehead atoms. The van der Waals surface area contributed by atoms with Crippen LogP contribution < -0.4 is 0 Å². The van der Waals surface area contributed by atoms with Gasteiger partial charge in [0.1, 0.15) is 11.9 Å². The van der Waals surface area contributed by atoms with E-state index in [4.69, 9.17) is 9.47 Å². The average molecular weight is 256 g/mol. The third kappa shape index (κ3) is 5.17. The van der Waals surface area contributed by atoms with Gasteiger partial charge in [0.05, 0.1) is 18.1 Å². The summed E-state index contributed by atoms with van der Waals surface area (Å²) in [4.78, 5) is 22.7. The number of carbonyl (C=O) groups is 2. The standard InChI is InChI=1S/C14H24O4/c1-13(2,3)18-12(16)7-11-6-10(9-15)8-14(4,5)17-11/h9-11H,6-8H2,1-5H3/t10-,11+/m0/s1. The summed E-state index contributed by atoms with van der Waals surface area (Å²) in [5.41, 5.74) is -0.832. The van der Waals surface area contributed by atoms with Gasteiger partial charge in [0.2, 0.25) is 0 Å². The van der Waals surface area contributed by atoms with Crippen molar-refractivity contribution < 1.29 is 19.1 Å². The highest BCUT2D eigenvalue weighted by molar-refractivity contribution is 5.70. The third-order valence-corrected chi connectivity index (χ3v) is 2.81. The smallest absolute Gasteiger partial charge is 0.308 e. The van der Waals surface area contributed by atoms with E-state index >= 15 is 0 Å². The summed E-state index contributed by atoms with van der Waals surface area (Å²) in [6.07, 6.45) is 2.27. The van der Waals surface area contributed by atoms with Crippen LogP contribution in [0.4, 0.5) is 0 Å². The van der Waals surface area contributed by atoms with E-state index in [0.29, 0.717) is 12.8 Å². The fraction of sp³-hybridized carbons (Fsp3) is 0.857. The van der Waals surface area contributed by atoms with Crippen molar-refractivity contribution in [2.24, 2.45) is 5.92 Å². The van der Waals surface area contributed by atoms with Gasteiger partial charge in [-0.3, -0.25) is 4.79 Å². The molecular formula is C14H24O4. The monoisotopic (exact) mass is 256 g/mol. The summed E-state index contributed by atoms with van der Waals surface area (Å²) in [7, 11) is 0. The average Bonchev–Trinajstić information content (AvgIpc) is 2.11. The van der Waals surface area contributed by atoms with E-state index in [1.54, 1.807) is 0 Å². The van der Waals surface area contributed by atoms with Crippen LogP contribution in [0.25, 0.3) is 0 Å². The van der Waals surface area contributed by atoms with E-state index in [9.17, 15) is 9.59 Å². The topological polar surface area (TPSA) is 52.6 Å². The molecule has 4 heteroatoms. The molecular weight excluding hydrogens is 232 g/mol. The Morgan fingerprint density at radius 1 is 1.44 bits per heavy atom. The SMILES string of the molecule is CC(C)(C)OC(=O)C[C@H]1C[C@H](C=O)CC(C)(C)O1. The lowest BCUT2D eigenvalue weighted by atomic mass is 9.85. The Kier molecular flexibility index (Phi) is 4.54. The van der Waals surface area contributed by atoms with Crippen LogP contribution in [-0.4, -0.2) is 29.6 Å². The molecule has 0 aromatic carbocycles. The van der Waals surface area contributed by atoms with Gasteiger partial charge in [-0.15, -0.1) is 0 Å². The van der Waals surface area contributed by atoms with Gasteiger partial charge >= 0.3 is 5.97 Å². The second-order valence-corrected chi connectivity index (χ2v) is 6.63. The molecule has 1 heterocycles. The molecule has 1 aliphatic rings. The molecule has 0 aromatic rings. The van der Waals surface area contributed by atoms with Crippen molar-refractivity contribution >= 4 is 12.3 Å². The third-order valence-electron chi connectivity index (χ3n) is 2.81. The maximum atomic E-state index is 11.7. The van der Waals surface area contributed by atoms with Gasteiger partial charge < -0.3 is 14.3 Å². The number of hydrogen-bond donors (Lipinski definition) is 0. The lowest BCUT2D eigenvalue weighted by molar-refractivity contribution is -0.168. The van der Waals surface area contributed by atoms with Crippen molar-refractivity contribution in [3.05, 3.63) is 0 Å². The Morgan fingerprint density at radius 2 is 2.06 bits per heavy atom. The van der Waals surface area contributed by atoms with E-state index in [-0.39, 0.29) is 30.0 Å². The Balaban J connectivity index is 2.56. The zero-order valence-electron chi connectivity index (χ0n) is 12.0. The number of hydrogen-bond acceptors (Lipinski definition) is 4. The maximum absolute atomic E-state index is 11.7. The highest BCUT2D eigenvalue weighted by Crippen LogP contribution is 2.33. The molecule has 1 saturated heterocycles. The molecule has 0 aromatic heterocycles. The predicted octanol–water partition coefficient (Wildman–Crippen LogP) is 2.49. The molecule has 0 spiro atoms. The summed E-state index contributed by atoms with van der Waals surface area (Å²) in [5.74, 6) is -0.295. The van der Waals surface area contributed by atoms with Crippen molar-refractivity contribution in [1.29, 1.82) is 0 Å². The Hall–Kier alpha value is -0.900. The fourth-order valence-electron chi connectivity index (χ4n) is 2.40. The molecule has 2 atom stereocenters. The second-order valence-electron chi connectivity index (χ2n) is 6.63. The van der Waals surface area contributed by atoms with Crippen LogP contribution in [0.2, 0.25) is 0 Å². The minimum absolute atomic E-state index is 0.0267. The fourth-order valence-corrected chi connectivity index (χ4v) is 2.40. The van der Waals surface area contributed by atoms with Crippen LogP contribution >= 0.6 is 0 Å². The zero-order chi connectivity index (χ0) is 14.0. The molecule has 1 rings (SSSR count). The lowest BCUT2D eigenvalue weighted by Gasteiger charge is -2.38. The van der Waals surface area contributed by atoms with Gasteiger partial charge in [-0.25, -0.2) is 0 Å². The van der Waals surface area contributed by atoms with Gasteiger partial charge in [-0.1, -0.05) is 0 Å². The first-order valence-electron chi connectivity index (χ1n) is 6.46. The summed E-state index contributed by atoms with van der Waals surface area (Å²) in [6.45, 7) is 9.41. The molecule has 1 aliphatic heterocycles. The summed E-state index contributed by atoms with van der Waals surface area (Å²) in [5, 5.41) is 0. The number of rotatable bonds is 3. The van der Waals surface area contributed by atoms with Crippen LogP contribution in [-0.2, 0) is 19.1 Å². The molecule has 0 aliphatic carbocycles. The normalized spacial score (nSPS) is 27.6. The van der Waals surface area contributed by atoms with Crippen LogP contribution in [0.5, 0.6) is 0 Å². The predicted molar refractivity (Wildman–Crippen MR) is 68.2 cm³/mol. The quantitative estimate of drug-likeness (QED) is 0.575. The van der Waals surface area contributed by atoms with Crippen LogP contribution in [0, 0.1) is 5.92 Å². The molecule has 18 heavy (non-hydrogen) atoms. The minimum atomic E-state index is -0.481. The van der Waals surface area contributed by atoms with Gasteiger partial charge in [0, 0.05) is 5.92 Å². The van der Waals surface area contributed by atoms with E-state index < -0.39 is 5.60 Å². The van der Waals surface area contributed by atoms with Gasteiger partial charge in [-0.2, -0.15) is 0 Å². The summed E-state index contributed by atoms with van der Waals surface area (Å²) < 4.78 is 11.1. The Morgan fingerprint density at radius 3 is 2.56 bits per heavy atom. The molecule has 4 nitrogen and oxygen atoms in total. The molecule has 0 amide bonds. The Labute approximate surface area is 109 Å². The van der Waals surface area contributed by atoms with Gasteiger partial charge in [0.15, 0.2) is 0 Å². The second kappa shape index (κ2) is 5.39. The highest BCUT2D eigenvalue weighted by Gasteiger charge is 2.36. The van der Waals surface area contributed by atoms with Crippen LogP contribution in [0.15, 0.2) is 0 Å². The van der Waals surface area contributed by atoms with Crippen molar-refractivity contribution in [3.63, 3.8) is 0 Å². The van der Waals surface area contributed by atoms with Crippen LogP contribution in [0.1, 0.15) is 53.9 Å². The van der Waals surface area contributed by atoms with E-state index in [2.05, 4.69) is 0 Å². The van der Waals surface area contributed by atoms with E-state index in [1.807, 2.05) is 34.6 Å². The molecule has 0 N–H and O–H groups in total. The molecule has 0 unspecified atom stereocenters. The largest absolute Gasteiger partial charge is 0.460 e. The van der Waals surface area contributed by atoms with Gasteiger partial charge in [-0.05, 0) is 47.5 Å². The number of ether oxygens (including phenoxy) is 2. The highest BCUT2D eigenvalue weighted by atomic mass is 16.6. The van der Waals surface area contributed by atoms with Crippen molar-refractivity contribution in [1.82, 2.24) is 0 Å². The number of carbonyl (C=O) groups excluding carboxylic acids is 2. The molecule has 0 radical (unpaired) electrons. The molecule has 1 fully saturated rings. The Bertz CT molecular complexity index is 314. The van der Waals surface area contributed by atoms with E-state index in [0.717, 1.165) is 6.29 Å². The first-order chi connectivity index (χ1) is 8.11. The van der Waals surface area contributed by atoms with Crippen molar-refractivity contribution in [2.75, 3.05) is 0 Å². The summed E-state index contributed by atoms with van der Waals surface area (Å²) in [6, 6.07) is 0. The van der Waals surface area contributed by atoms with Crippen LogP contribution in [0.3, 0.4) is 0 Å². The zero-order valence-corrected chi connectivity index (χ0v) is 12.0. The van der Waals surface area contributed by atoms with E-state index in [1.165, 1.54) is 0 Å². The maximum Gasteiger partial charge on any atom is 0.308 e. The molecule has 0 saturated carbocycles. The van der Waals surface area contributed by atoms with Gasteiger partial charge in [0.25, 0.3) is 0 Å². The lowest BCUT2D eigenvalue weighted by Crippen LogP contribution is -2.41. The number of aldehydes is 1. The molecule has 104 valence electrons. The number of esters is 1.